The summed E-state index contributed by atoms with van der Waals surface area (Å²) in [5.74, 6) is 0.749. The van der Waals surface area contributed by atoms with Gasteiger partial charge in [0.2, 0.25) is 0 Å². The number of thiazole rings is 1. The van der Waals surface area contributed by atoms with Crippen molar-refractivity contribution in [2.45, 2.75) is 20.5 Å². The van der Waals surface area contributed by atoms with Crippen molar-refractivity contribution in [3.63, 3.8) is 0 Å². The molecule has 8 heteroatoms. The van der Waals surface area contributed by atoms with Crippen LogP contribution < -0.4 is 15.0 Å². The van der Waals surface area contributed by atoms with Crippen molar-refractivity contribution in [3.05, 3.63) is 63.5 Å². The second-order valence-electron chi connectivity index (χ2n) is 5.65. The predicted molar refractivity (Wildman–Crippen MR) is 107 cm³/mol. The number of ether oxygens (including phenoxy) is 3. The van der Waals surface area contributed by atoms with Gasteiger partial charge in [-0.1, -0.05) is 6.07 Å². The molecule has 0 aliphatic rings. The van der Waals surface area contributed by atoms with E-state index in [9.17, 15) is 9.59 Å². The van der Waals surface area contributed by atoms with E-state index in [2.05, 4.69) is 4.98 Å². The van der Waals surface area contributed by atoms with Crippen LogP contribution >= 0.6 is 11.3 Å². The van der Waals surface area contributed by atoms with Gasteiger partial charge in [0.05, 0.1) is 18.9 Å². The average molecular weight is 400 g/mol. The molecule has 3 aromatic rings. The first kappa shape index (κ1) is 19.6. The second-order valence-corrected chi connectivity index (χ2v) is 6.53. The zero-order valence-corrected chi connectivity index (χ0v) is 16.4. The summed E-state index contributed by atoms with van der Waals surface area (Å²) in [7, 11) is 0. The van der Waals surface area contributed by atoms with E-state index >= 15 is 0 Å². The smallest absolute Gasteiger partial charge is 0.331 e. The van der Waals surface area contributed by atoms with E-state index in [0.717, 1.165) is 5.56 Å². The van der Waals surface area contributed by atoms with E-state index in [0.29, 0.717) is 35.4 Å². The molecule has 146 valence electrons. The molecule has 3 rings (SSSR count). The minimum atomic E-state index is -0.528. The fraction of sp³-hybridized carbons (Fsp3) is 0.250. The van der Waals surface area contributed by atoms with Crippen LogP contribution in [0.4, 0.5) is 0 Å². The first-order valence-electron chi connectivity index (χ1n) is 8.81. The first-order valence-corrected chi connectivity index (χ1v) is 9.69. The van der Waals surface area contributed by atoms with E-state index in [1.165, 1.54) is 27.9 Å². The van der Waals surface area contributed by atoms with Gasteiger partial charge in [-0.2, -0.15) is 0 Å². The zero-order valence-electron chi connectivity index (χ0n) is 15.6. The standard InChI is InChI=1S/C20H20N2O5S/c1-3-25-16-7-5-14(11-17(16)26-4-2)6-8-19(24)27-13-15-12-18(23)22-9-10-28-20(22)21-15/h5-12H,3-4,13H2,1-2H3/b8-6+. The quantitative estimate of drug-likeness (QED) is 0.426. The highest BCUT2D eigenvalue weighted by molar-refractivity contribution is 7.15. The molecule has 0 aliphatic heterocycles. The molecule has 7 nitrogen and oxygen atoms in total. The van der Waals surface area contributed by atoms with Gasteiger partial charge in [0.15, 0.2) is 16.5 Å². The molecule has 2 aromatic heterocycles. The molecule has 0 fully saturated rings. The minimum Gasteiger partial charge on any atom is -0.490 e. The van der Waals surface area contributed by atoms with Crippen LogP contribution in [0.1, 0.15) is 25.1 Å². The molecule has 0 aliphatic carbocycles. The number of benzene rings is 1. The van der Waals surface area contributed by atoms with E-state index in [1.54, 1.807) is 29.8 Å². The lowest BCUT2D eigenvalue weighted by Gasteiger charge is -2.11. The van der Waals surface area contributed by atoms with Crippen molar-refractivity contribution < 1.29 is 19.0 Å². The second kappa shape index (κ2) is 9.18. The third-order valence-corrected chi connectivity index (χ3v) is 4.45. The van der Waals surface area contributed by atoms with Crippen molar-refractivity contribution in [3.8, 4) is 11.5 Å². The van der Waals surface area contributed by atoms with Crippen molar-refractivity contribution >= 4 is 28.3 Å². The summed E-state index contributed by atoms with van der Waals surface area (Å²) < 4.78 is 17.7. The largest absolute Gasteiger partial charge is 0.490 e. The molecule has 0 N–H and O–H groups in total. The third kappa shape index (κ3) is 4.77. The Morgan fingerprint density at radius 3 is 2.75 bits per heavy atom. The SMILES string of the molecule is CCOc1ccc(/C=C/C(=O)OCc2cc(=O)n3ccsc3n2)cc1OCC. The maximum absolute atomic E-state index is 12.0. The number of aromatic nitrogens is 2. The highest BCUT2D eigenvalue weighted by Crippen LogP contribution is 2.29. The van der Waals surface area contributed by atoms with Gasteiger partial charge in [0, 0.05) is 23.7 Å². The van der Waals surface area contributed by atoms with Crippen molar-refractivity contribution in [2.24, 2.45) is 0 Å². The number of esters is 1. The molecule has 0 saturated carbocycles. The van der Waals surface area contributed by atoms with Crippen LogP contribution in [0.3, 0.4) is 0 Å². The Morgan fingerprint density at radius 2 is 1.96 bits per heavy atom. The van der Waals surface area contributed by atoms with E-state index in [4.69, 9.17) is 14.2 Å². The lowest BCUT2D eigenvalue weighted by molar-refractivity contribution is -0.139. The summed E-state index contributed by atoms with van der Waals surface area (Å²) >= 11 is 1.34. The molecule has 0 radical (unpaired) electrons. The van der Waals surface area contributed by atoms with Crippen molar-refractivity contribution in [1.82, 2.24) is 9.38 Å². The minimum absolute atomic E-state index is 0.0692. The van der Waals surface area contributed by atoms with Crippen molar-refractivity contribution in [2.75, 3.05) is 13.2 Å². The number of carbonyl (C=O) groups is 1. The monoisotopic (exact) mass is 400 g/mol. The summed E-state index contributed by atoms with van der Waals surface area (Å²) in [6.07, 6.45) is 4.61. The molecular weight excluding hydrogens is 380 g/mol. The van der Waals surface area contributed by atoms with Gasteiger partial charge in [-0.25, -0.2) is 9.78 Å². The summed E-state index contributed by atoms with van der Waals surface area (Å²) in [6.45, 7) is 4.77. The number of nitrogens with zero attached hydrogens (tertiary/aromatic N) is 2. The molecule has 28 heavy (non-hydrogen) atoms. The maximum Gasteiger partial charge on any atom is 0.331 e. The molecule has 0 spiro atoms. The predicted octanol–water partition coefficient (Wildman–Crippen LogP) is 3.31. The van der Waals surface area contributed by atoms with E-state index in [1.807, 2.05) is 19.9 Å². The lowest BCUT2D eigenvalue weighted by atomic mass is 10.2. The highest BCUT2D eigenvalue weighted by Gasteiger charge is 2.07. The topological polar surface area (TPSA) is 79.1 Å². The molecule has 0 atom stereocenters. The summed E-state index contributed by atoms with van der Waals surface area (Å²) in [6, 6.07) is 6.78. The van der Waals surface area contributed by atoms with Gasteiger partial charge in [-0.3, -0.25) is 9.20 Å². The Morgan fingerprint density at radius 1 is 1.18 bits per heavy atom. The van der Waals surface area contributed by atoms with Crippen LogP contribution in [-0.2, 0) is 16.1 Å². The van der Waals surface area contributed by atoms with Crippen LogP contribution in [0.25, 0.3) is 11.0 Å². The van der Waals surface area contributed by atoms with Gasteiger partial charge in [0.25, 0.3) is 5.56 Å². The molecule has 1 aromatic carbocycles. The normalized spacial score (nSPS) is 11.1. The molecule has 0 amide bonds. The summed E-state index contributed by atoms with van der Waals surface area (Å²) in [5.41, 5.74) is 0.986. The Kier molecular flexibility index (Phi) is 6.44. The molecule has 2 heterocycles. The number of carbonyl (C=O) groups excluding carboxylic acids is 1. The number of hydrogen-bond acceptors (Lipinski definition) is 7. The van der Waals surface area contributed by atoms with E-state index in [-0.39, 0.29) is 12.2 Å². The van der Waals surface area contributed by atoms with Gasteiger partial charge in [-0.15, -0.1) is 11.3 Å². The summed E-state index contributed by atoms with van der Waals surface area (Å²) in [4.78, 5) is 28.8. The van der Waals surface area contributed by atoms with E-state index < -0.39 is 5.97 Å². The fourth-order valence-corrected chi connectivity index (χ4v) is 3.23. The highest BCUT2D eigenvalue weighted by atomic mass is 32.1. The number of fused-ring (bicyclic) bond motifs is 1. The fourth-order valence-electron chi connectivity index (χ4n) is 2.49. The van der Waals surface area contributed by atoms with Gasteiger partial charge in [0.1, 0.15) is 6.61 Å². The lowest BCUT2D eigenvalue weighted by Crippen LogP contribution is -2.14. The molecule has 0 saturated heterocycles. The molecule has 0 bridgehead atoms. The van der Waals surface area contributed by atoms with Crippen LogP contribution in [0, 0.1) is 0 Å². The van der Waals surface area contributed by atoms with Gasteiger partial charge in [-0.05, 0) is 37.6 Å². The van der Waals surface area contributed by atoms with Crippen LogP contribution in [0.15, 0.2) is 46.7 Å². The van der Waals surface area contributed by atoms with Crippen LogP contribution in [0.5, 0.6) is 11.5 Å². The molecule has 0 unspecified atom stereocenters. The summed E-state index contributed by atoms with van der Waals surface area (Å²) in [5, 5.41) is 1.77. The van der Waals surface area contributed by atoms with Crippen molar-refractivity contribution in [1.29, 1.82) is 0 Å². The maximum atomic E-state index is 12.0. The van der Waals surface area contributed by atoms with Gasteiger partial charge >= 0.3 is 5.97 Å². The first-order chi connectivity index (χ1) is 13.6. The number of hydrogen-bond donors (Lipinski definition) is 0. The van der Waals surface area contributed by atoms with Crippen LogP contribution in [-0.4, -0.2) is 28.6 Å². The number of rotatable bonds is 8. The Bertz CT molecular complexity index is 1050. The Hall–Kier alpha value is -3.13. The Balaban J connectivity index is 1.64. The van der Waals surface area contributed by atoms with Crippen LogP contribution in [0.2, 0.25) is 0 Å². The van der Waals surface area contributed by atoms with Gasteiger partial charge < -0.3 is 14.2 Å². The third-order valence-electron chi connectivity index (χ3n) is 3.70. The Labute approximate surface area is 165 Å². The molecular formula is C20H20N2O5S. The average Bonchev–Trinajstić information content (AvgIpc) is 3.16. The zero-order chi connectivity index (χ0) is 19.9.